The summed E-state index contributed by atoms with van der Waals surface area (Å²) in [6.07, 6.45) is 5.38. The van der Waals surface area contributed by atoms with Crippen LogP contribution in [0.25, 0.3) is 5.69 Å². The van der Waals surface area contributed by atoms with Crippen molar-refractivity contribution in [2.24, 2.45) is 5.41 Å². The highest BCUT2D eigenvalue weighted by molar-refractivity contribution is 5.73. The van der Waals surface area contributed by atoms with Crippen molar-refractivity contribution in [2.75, 3.05) is 6.54 Å². The SMILES string of the molecule is CC(=O)NC(Cc1cc(F)cc(F)c1)C(O)CNCc1cc(CC(C)(C)C)ccc1-n1ccnc1. The number of imidazole rings is 1. The number of carbonyl (C=O) groups excluding carboxylic acids is 1. The number of nitrogens with zero attached hydrogens (tertiary/aromatic N) is 2. The van der Waals surface area contributed by atoms with Crippen LogP contribution < -0.4 is 10.6 Å². The fourth-order valence-corrected chi connectivity index (χ4v) is 4.18. The minimum atomic E-state index is -0.973. The molecule has 1 amide bonds. The average Bonchev–Trinajstić information content (AvgIpc) is 3.26. The Morgan fingerprint density at radius 1 is 1.11 bits per heavy atom. The van der Waals surface area contributed by atoms with Crippen molar-refractivity contribution in [3.8, 4) is 5.69 Å². The fraction of sp³-hybridized carbons (Fsp3) is 0.407. The summed E-state index contributed by atoms with van der Waals surface area (Å²) in [5, 5.41) is 16.8. The molecule has 1 aromatic heterocycles. The van der Waals surface area contributed by atoms with E-state index in [-0.39, 0.29) is 24.3 Å². The number of benzene rings is 2. The molecule has 6 nitrogen and oxygen atoms in total. The maximum Gasteiger partial charge on any atom is 0.217 e. The van der Waals surface area contributed by atoms with Gasteiger partial charge in [-0.2, -0.15) is 0 Å². The predicted octanol–water partition coefficient (Wildman–Crippen LogP) is 3.94. The Bertz CT molecular complexity index is 1110. The number of aliphatic hydroxyl groups is 1. The summed E-state index contributed by atoms with van der Waals surface area (Å²) >= 11 is 0. The number of hydrogen-bond donors (Lipinski definition) is 3. The lowest BCUT2D eigenvalue weighted by molar-refractivity contribution is -0.120. The Labute approximate surface area is 205 Å². The van der Waals surface area contributed by atoms with E-state index in [0.29, 0.717) is 12.1 Å². The smallest absolute Gasteiger partial charge is 0.217 e. The molecule has 2 unspecified atom stereocenters. The highest BCUT2D eigenvalue weighted by Gasteiger charge is 2.21. The molecule has 8 heteroatoms. The molecule has 3 aromatic rings. The van der Waals surface area contributed by atoms with E-state index in [1.165, 1.54) is 24.6 Å². The average molecular weight is 485 g/mol. The highest BCUT2D eigenvalue weighted by Crippen LogP contribution is 2.24. The second-order valence-electron chi connectivity index (χ2n) is 10.2. The molecule has 0 aliphatic heterocycles. The van der Waals surface area contributed by atoms with Gasteiger partial charge in [-0.25, -0.2) is 13.8 Å². The van der Waals surface area contributed by atoms with Gasteiger partial charge in [-0.3, -0.25) is 4.79 Å². The van der Waals surface area contributed by atoms with Gasteiger partial charge in [0.2, 0.25) is 5.91 Å². The number of carbonyl (C=O) groups is 1. The van der Waals surface area contributed by atoms with Gasteiger partial charge in [0.1, 0.15) is 11.6 Å². The lowest BCUT2D eigenvalue weighted by atomic mass is 9.87. The summed E-state index contributed by atoms with van der Waals surface area (Å²) < 4.78 is 29.2. The number of rotatable bonds is 10. The molecule has 0 aliphatic rings. The minimum Gasteiger partial charge on any atom is -0.390 e. The standard InChI is InChI=1S/C27H34F2N4O2/c1-18(34)32-24(12-20-10-22(28)13-23(29)11-20)26(35)16-31-15-21-9-19(14-27(2,3)4)5-6-25(21)33-8-7-30-17-33/h5-11,13,17,24,26,31,35H,12,14-16H2,1-4H3,(H,32,34). The quantitative estimate of drug-likeness (QED) is 0.407. The molecular weight excluding hydrogens is 450 g/mol. The zero-order valence-electron chi connectivity index (χ0n) is 20.7. The zero-order chi connectivity index (χ0) is 25.6. The fourth-order valence-electron chi connectivity index (χ4n) is 4.18. The Kier molecular flexibility index (Phi) is 8.75. The van der Waals surface area contributed by atoms with Gasteiger partial charge in [-0.05, 0) is 53.1 Å². The molecule has 0 saturated carbocycles. The normalized spacial score (nSPS) is 13.5. The molecule has 0 bridgehead atoms. The summed E-state index contributed by atoms with van der Waals surface area (Å²) in [6, 6.07) is 8.83. The van der Waals surface area contributed by atoms with Crippen molar-refractivity contribution in [3.05, 3.63) is 83.4 Å². The van der Waals surface area contributed by atoms with Crippen molar-refractivity contribution < 1.29 is 18.7 Å². The second-order valence-corrected chi connectivity index (χ2v) is 10.2. The van der Waals surface area contributed by atoms with Gasteiger partial charge < -0.3 is 20.3 Å². The zero-order valence-corrected chi connectivity index (χ0v) is 20.7. The molecule has 0 fully saturated rings. The largest absolute Gasteiger partial charge is 0.390 e. The van der Waals surface area contributed by atoms with Gasteiger partial charge in [-0.1, -0.05) is 32.9 Å². The highest BCUT2D eigenvalue weighted by atomic mass is 19.1. The number of halogens is 2. The van der Waals surface area contributed by atoms with Crippen LogP contribution >= 0.6 is 0 Å². The van der Waals surface area contributed by atoms with E-state index in [2.05, 4.69) is 54.6 Å². The van der Waals surface area contributed by atoms with Crippen molar-refractivity contribution in [3.63, 3.8) is 0 Å². The van der Waals surface area contributed by atoms with Gasteiger partial charge in [-0.15, -0.1) is 0 Å². The first-order valence-electron chi connectivity index (χ1n) is 11.7. The number of hydrogen-bond acceptors (Lipinski definition) is 4. The van der Waals surface area contributed by atoms with Gasteiger partial charge in [0.05, 0.1) is 24.2 Å². The maximum absolute atomic E-state index is 13.6. The topological polar surface area (TPSA) is 79.2 Å². The van der Waals surface area contributed by atoms with Gasteiger partial charge in [0.15, 0.2) is 0 Å². The molecule has 0 radical (unpaired) electrons. The molecule has 0 aliphatic carbocycles. The molecule has 1 heterocycles. The van der Waals surface area contributed by atoms with E-state index < -0.39 is 23.8 Å². The van der Waals surface area contributed by atoms with E-state index in [0.717, 1.165) is 23.7 Å². The monoisotopic (exact) mass is 484 g/mol. The maximum atomic E-state index is 13.6. The molecule has 3 rings (SSSR count). The Morgan fingerprint density at radius 3 is 2.43 bits per heavy atom. The Balaban J connectivity index is 1.72. The van der Waals surface area contributed by atoms with Crippen LogP contribution in [0, 0.1) is 17.0 Å². The third-order valence-electron chi connectivity index (χ3n) is 5.56. The number of amides is 1. The van der Waals surface area contributed by atoms with E-state index in [1.807, 2.05) is 10.8 Å². The lowest BCUT2D eigenvalue weighted by Gasteiger charge is -2.25. The minimum absolute atomic E-state index is 0.0957. The van der Waals surface area contributed by atoms with Crippen molar-refractivity contribution in [1.82, 2.24) is 20.2 Å². The Hall–Kier alpha value is -3.10. The van der Waals surface area contributed by atoms with Crippen LogP contribution in [0.1, 0.15) is 44.4 Å². The van der Waals surface area contributed by atoms with E-state index in [4.69, 9.17) is 0 Å². The number of nitrogens with one attached hydrogen (secondary N) is 2. The van der Waals surface area contributed by atoms with Crippen LogP contribution in [-0.2, 0) is 24.2 Å². The third kappa shape index (κ3) is 8.26. The van der Waals surface area contributed by atoms with Crippen molar-refractivity contribution >= 4 is 5.91 Å². The summed E-state index contributed by atoms with van der Waals surface area (Å²) in [7, 11) is 0. The van der Waals surface area contributed by atoms with Gasteiger partial charge >= 0.3 is 0 Å². The van der Waals surface area contributed by atoms with Crippen LogP contribution in [0.4, 0.5) is 8.78 Å². The van der Waals surface area contributed by atoms with E-state index in [9.17, 15) is 18.7 Å². The van der Waals surface area contributed by atoms with Crippen LogP contribution in [0.3, 0.4) is 0 Å². The molecule has 0 spiro atoms. The van der Waals surface area contributed by atoms with Crippen LogP contribution in [0.15, 0.2) is 55.1 Å². The first-order valence-corrected chi connectivity index (χ1v) is 11.7. The van der Waals surface area contributed by atoms with Gasteiger partial charge in [0, 0.05) is 38.5 Å². The third-order valence-corrected chi connectivity index (χ3v) is 5.56. The molecule has 35 heavy (non-hydrogen) atoms. The summed E-state index contributed by atoms with van der Waals surface area (Å²) in [4.78, 5) is 15.8. The van der Waals surface area contributed by atoms with Crippen LogP contribution in [-0.4, -0.2) is 39.3 Å². The molecule has 2 aromatic carbocycles. The van der Waals surface area contributed by atoms with E-state index in [1.54, 1.807) is 12.5 Å². The van der Waals surface area contributed by atoms with Crippen molar-refractivity contribution in [2.45, 2.75) is 59.2 Å². The lowest BCUT2D eigenvalue weighted by Crippen LogP contribution is -2.48. The molecule has 188 valence electrons. The van der Waals surface area contributed by atoms with E-state index >= 15 is 0 Å². The summed E-state index contributed by atoms with van der Waals surface area (Å²) in [6.45, 7) is 8.57. The molecular formula is C27H34F2N4O2. The summed E-state index contributed by atoms with van der Waals surface area (Å²) in [5.41, 5.74) is 3.73. The molecule has 2 atom stereocenters. The number of aliphatic hydroxyl groups excluding tert-OH is 1. The molecule has 0 saturated heterocycles. The van der Waals surface area contributed by atoms with Crippen LogP contribution in [0.5, 0.6) is 0 Å². The first kappa shape index (κ1) is 26.5. The first-order chi connectivity index (χ1) is 16.5. The molecule has 3 N–H and O–H groups in total. The predicted molar refractivity (Wildman–Crippen MR) is 132 cm³/mol. The second kappa shape index (κ2) is 11.6. The van der Waals surface area contributed by atoms with Crippen molar-refractivity contribution in [1.29, 1.82) is 0 Å². The van der Waals surface area contributed by atoms with Gasteiger partial charge in [0.25, 0.3) is 0 Å². The summed E-state index contributed by atoms with van der Waals surface area (Å²) in [5.74, 6) is -1.73. The number of aromatic nitrogens is 2. The Morgan fingerprint density at radius 2 is 1.83 bits per heavy atom. The van der Waals surface area contributed by atoms with Crippen LogP contribution in [0.2, 0.25) is 0 Å².